The van der Waals surface area contributed by atoms with Crippen molar-refractivity contribution in [3.8, 4) is 0 Å². The number of nitrogens with zero attached hydrogens (tertiary/aromatic N) is 3. The Morgan fingerprint density at radius 3 is 2.05 bits per heavy atom. The zero-order chi connectivity index (χ0) is 15.0. The molecule has 0 aromatic carbocycles. The van der Waals surface area contributed by atoms with E-state index in [2.05, 4.69) is 62.6 Å². The third-order valence-electron chi connectivity index (χ3n) is 3.23. The van der Waals surface area contributed by atoms with Gasteiger partial charge in [-0.1, -0.05) is 41.5 Å². The number of allylic oxidation sites excluding steroid dienone is 1. The normalized spacial score (nSPS) is 16.1. The van der Waals surface area contributed by atoms with Crippen molar-refractivity contribution in [3.63, 3.8) is 0 Å². The smallest absolute Gasteiger partial charge is 0.156 e. The second-order valence-electron chi connectivity index (χ2n) is 7.77. The third kappa shape index (κ3) is 3.75. The van der Waals surface area contributed by atoms with Crippen molar-refractivity contribution in [2.75, 3.05) is 6.54 Å². The minimum absolute atomic E-state index is 0.0912. The average Bonchev–Trinajstić information content (AvgIpc) is 2.76. The van der Waals surface area contributed by atoms with E-state index in [0.717, 1.165) is 23.5 Å². The topological polar surface area (TPSA) is 38.1 Å². The summed E-state index contributed by atoms with van der Waals surface area (Å²) in [7, 11) is 0. The lowest BCUT2D eigenvalue weighted by molar-refractivity contribution is 0.410. The fraction of sp³-hybridized carbons (Fsp3) is 0.588. The molecule has 3 nitrogen and oxygen atoms in total. The summed E-state index contributed by atoms with van der Waals surface area (Å²) < 4.78 is 0. The molecular weight excluding hydrogens is 246 g/mol. The molecule has 0 amide bonds. The summed E-state index contributed by atoms with van der Waals surface area (Å²) in [4.78, 5) is 13.6. The first kappa shape index (κ1) is 14.9. The van der Waals surface area contributed by atoms with Crippen molar-refractivity contribution in [2.45, 2.75) is 48.0 Å². The van der Waals surface area contributed by atoms with Crippen molar-refractivity contribution >= 4 is 11.3 Å². The highest BCUT2D eigenvalue weighted by atomic mass is 14.9. The Morgan fingerprint density at radius 2 is 1.60 bits per heavy atom. The predicted octanol–water partition coefficient (Wildman–Crippen LogP) is 3.95. The monoisotopic (exact) mass is 271 g/mol. The summed E-state index contributed by atoms with van der Waals surface area (Å²) in [6.45, 7) is 13.9. The van der Waals surface area contributed by atoms with Gasteiger partial charge in [-0.25, -0.2) is 9.97 Å². The van der Waals surface area contributed by atoms with E-state index < -0.39 is 0 Å². The fourth-order valence-electron chi connectivity index (χ4n) is 2.24. The molecule has 0 atom stereocenters. The van der Waals surface area contributed by atoms with Crippen molar-refractivity contribution in [1.82, 2.24) is 9.97 Å². The van der Waals surface area contributed by atoms with E-state index in [9.17, 15) is 0 Å². The highest BCUT2D eigenvalue weighted by Gasteiger charge is 2.22. The molecule has 0 aliphatic carbocycles. The van der Waals surface area contributed by atoms with Crippen LogP contribution < -0.4 is 0 Å². The molecule has 108 valence electrons. The molecule has 0 spiro atoms. The van der Waals surface area contributed by atoms with Crippen LogP contribution in [-0.4, -0.2) is 22.2 Å². The molecule has 0 radical (unpaired) electrons. The summed E-state index contributed by atoms with van der Waals surface area (Å²) in [5.74, 6) is 0.811. The Balaban J connectivity index is 2.13. The summed E-state index contributed by atoms with van der Waals surface area (Å²) in [5.41, 5.74) is 3.80. The zero-order valence-electron chi connectivity index (χ0n) is 13.5. The molecule has 0 fully saturated rings. The molecule has 0 unspecified atom stereocenters. The molecule has 0 saturated heterocycles. The predicted molar refractivity (Wildman–Crippen MR) is 84.9 cm³/mol. The van der Waals surface area contributed by atoms with Gasteiger partial charge in [0.25, 0.3) is 0 Å². The molecule has 0 bridgehead atoms. The van der Waals surface area contributed by atoms with Gasteiger partial charge in [0.05, 0.1) is 6.54 Å². The molecule has 0 N–H and O–H groups in total. The number of aromatic nitrogens is 2. The van der Waals surface area contributed by atoms with Crippen LogP contribution in [-0.2, 0) is 6.42 Å². The minimum atomic E-state index is 0.0912. The van der Waals surface area contributed by atoms with Crippen LogP contribution in [0.5, 0.6) is 0 Å². The Labute approximate surface area is 122 Å². The van der Waals surface area contributed by atoms with Crippen LogP contribution in [0.1, 0.15) is 52.9 Å². The molecule has 3 heteroatoms. The maximum absolute atomic E-state index is 4.59. The molecule has 0 saturated carbocycles. The van der Waals surface area contributed by atoms with Gasteiger partial charge in [0.2, 0.25) is 0 Å². The van der Waals surface area contributed by atoms with Crippen molar-refractivity contribution in [3.05, 3.63) is 29.9 Å². The molecule has 1 aromatic heterocycles. The van der Waals surface area contributed by atoms with Gasteiger partial charge in [0, 0.05) is 29.1 Å². The van der Waals surface area contributed by atoms with Gasteiger partial charge in [-0.15, -0.1) is 0 Å². The summed E-state index contributed by atoms with van der Waals surface area (Å²) in [5, 5.41) is 0. The van der Waals surface area contributed by atoms with Gasteiger partial charge in [0.1, 0.15) is 0 Å². The van der Waals surface area contributed by atoms with Gasteiger partial charge in [-0.3, -0.25) is 4.99 Å². The SMILES string of the molecule is CC(C)(C)Cc1cnc(C2=CC(C(C)(C)C)=NC2)nc1. The lowest BCUT2D eigenvalue weighted by Crippen LogP contribution is -2.16. The van der Waals surface area contributed by atoms with Crippen LogP contribution >= 0.6 is 0 Å². The van der Waals surface area contributed by atoms with Crippen LogP contribution in [0.3, 0.4) is 0 Å². The van der Waals surface area contributed by atoms with E-state index >= 15 is 0 Å². The highest BCUT2D eigenvalue weighted by Crippen LogP contribution is 2.26. The lowest BCUT2D eigenvalue weighted by Gasteiger charge is -2.17. The summed E-state index contributed by atoms with van der Waals surface area (Å²) in [6.07, 6.45) is 7.03. The van der Waals surface area contributed by atoms with Crippen molar-refractivity contribution in [2.24, 2.45) is 15.8 Å². The summed E-state index contributed by atoms with van der Waals surface area (Å²) >= 11 is 0. The quantitative estimate of drug-likeness (QED) is 0.817. The minimum Gasteiger partial charge on any atom is -0.284 e. The van der Waals surface area contributed by atoms with Gasteiger partial charge < -0.3 is 0 Å². The number of hydrogen-bond acceptors (Lipinski definition) is 3. The molecule has 1 aromatic rings. The van der Waals surface area contributed by atoms with Crippen LogP contribution in [0, 0.1) is 10.8 Å². The fourth-order valence-corrected chi connectivity index (χ4v) is 2.24. The first-order valence-corrected chi connectivity index (χ1v) is 7.22. The van der Waals surface area contributed by atoms with E-state index in [1.165, 1.54) is 5.56 Å². The van der Waals surface area contributed by atoms with Gasteiger partial charge in [-0.2, -0.15) is 0 Å². The van der Waals surface area contributed by atoms with Gasteiger partial charge in [-0.05, 0) is 23.5 Å². The van der Waals surface area contributed by atoms with Crippen molar-refractivity contribution in [1.29, 1.82) is 0 Å². The molecule has 2 heterocycles. The second kappa shape index (κ2) is 5.12. The van der Waals surface area contributed by atoms with Crippen molar-refractivity contribution < 1.29 is 0 Å². The van der Waals surface area contributed by atoms with Crippen LogP contribution in [0.2, 0.25) is 0 Å². The average molecular weight is 271 g/mol. The molecule has 1 aliphatic rings. The summed E-state index contributed by atoms with van der Waals surface area (Å²) in [6, 6.07) is 0. The Bertz CT molecular complexity index is 537. The lowest BCUT2D eigenvalue weighted by atomic mass is 9.89. The molecule has 1 aliphatic heterocycles. The number of rotatable bonds is 2. The number of hydrogen-bond donors (Lipinski definition) is 0. The van der Waals surface area contributed by atoms with Crippen LogP contribution in [0.25, 0.3) is 5.57 Å². The zero-order valence-corrected chi connectivity index (χ0v) is 13.5. The van der Waals surface area contributed by atoms with E-state index in [4.69, 9.17) is 0 Å². The highest BCUT2D eigenvalue weighted by molar-refractivity contribution is 6.06. The molecule has 20 heavy (non-hydrogen) atoms. The van der Waals surface area contributed by atoms with Crippen LogP contribution in [0.4, 0.5) is 0 Å². The molecule has 2 rings (SSSR count). The largest absolute Gasteiger partial charge is 0.284 e. The van der Waals surface area contributed by atoms with E-state index in [0.29, 0.717) is 6.54 Å². The maximum atomic E-state index is 4.59. The van der Waals surface area contributed by atoms with E-state index in [1.807, 2.05) is 12.4 Å². The first-order valence-electron chi connectivity index (χ1n) is 7.22. The Kier molecular flexibility index (Phi) is 3.81. The van der Waals surface area contributed by atoms with Gasteiger partial charge >= 0.3 is 0 Å². The number of aliphatic imine (C=N–C) groups is 1. The Morgan fingerprint density at radius 1 is 1.00 bits per heavy atom. The van der Waals surface area contributed by atoms with Gasteiger partial charge in [0.15, 0.2) is 5.82 Å². The Hall–Kier alpha value is -1.51. The van der Waals surface area contributed by atoms with E-state index in [-0.39, 0.29) is 10.8 Å². The second-order valence-corrected chi connectivity index (χ2v) is 7.77. The molecular formula is C17H25N3. The standard InChI is InChI=1S/C17H25N3/c1-16(2,3)8-12-9-19-15(20-10-12)13-7-14(18-11-13)17(4,5)6/h7,9-10H,8,11H2,1-6H3. The maximum Gasteiger partial charge on any atom is 0.156 e. The third-order valence-corrected chi connectivity index (χ3v) is 3.23. The first-order chi connectivity index (χ1) is 9.15. The van der Waals surface area contributed by atoms with Crippen LogP contribution in [0.15, 0.2) is 23.5 Å². The van der Waals surface area contributed by atoms with E-state index in [1.54, 1.807) is 0 Å².